The number of nitrogens with zero attached hydrogens (tertiary/aromatic N) is 3. The van der Waals surface area contributed by atoms with Crippen molar-refractivity contribution in [2.45, 2.75) is 6.92 Å². The summed E-state index contributed by atoms with van der Waals surface area (Å²) in [7, 11) is 2.86. The highest BCUT2D eigenvalue weighted by Crippen LogP contribution is 2.28. The quantitative estimate of drug-likeness (QED) is 0.446. The largest absolute Gasteiger partial charge is 0.497 e. The van der Waals surface area contributed by atoms with Crippen LogP contribution in [0.15, 0.2) is 65.7 Å². The van der Waals surface area contributed by atoms with Gasteiger partial charge in [0, 0.05) is 12.4 Å². The van der Waals surface area contributed by atoms with Crippen LogP contribution >= 0.6 is 0 Å². The van der Waals surface area contributed by atoms with Crippen molar-refractivity contribution in [2.24, 2.45) is 0 Å². The molecule has 0 bridgehead atoms. The zero-order chi connectivity index (χ0) is 22.0. The highest BCUT2D eigenvalue weighted by Gasteiger charge is 2.25. The first-order valence-corrected chi connectivity index (χ1v) is 9.67. The van der Waals surface area contributed by atoms with Gasteiger partial charge in [-0.1, -0.05) is 12.1 Å². The number of hydrogen-bond donors (Lipinski definition) is 0. The summed E-state index contributed by atoms with van der Waals surface area (Å²) in [6.07, 6.45) is 3.24. The Labute approximate surface area is 178 Å². The molecular formula is C23H21N3O5. The molecule has 4 rings (SSSR count). The minimum Gasteiger partial charge on any atom is -0.497 e. The minimum atomic E-state index is -0.590. The van der Waals surface area contributed by atoms with Crippen LogP contribution in [0.25, 0.3) is 22.6 Å². The lowest BCUT2D eigenvalue weighted by atomic mass is 10.1. The Kier molecular flexibility index (Phi) is 5.44. The van der Waals surface area contributed by atoms with E-state index in [1.165, 1.54) is 11.8 Å². The Hall–Kier alpha value is -4.07. The maximum Gasteiger partial charge on any atom is 0.341 e. The maximum absolute atomic E-state index is 13.2. The van der Waals surface area contributed by atoms with E-state index in [1.54, 1.807) is 48.3 Å². The summed E-state index contributed by atoms with van der Waals surface area (Å²) in [4.78, 5) is 25.7. The summed E-state index contributed by atoms with van der Waals surface area (Å²) in [5, 5.41) is 4.42. The molecule has 0 radical (unpaired) electrons. The van der Waals surface area contributed by atoms with Crippen molar-refractivity contribution in [3.05, 3.63) is 76.8 Å². The molecule has 2 aromatic rings. The molecular weight excluding hydrogens is 398 g/mol. The van der Waals surface area contributed by atoms with Crippen LogP contribution in [0, 0.1) is 0 Å². The van der Waals surface area contributed by atoms with E-state index in [-0.39, 0.29) is 22.4 Å². The van der Waals surface area contributed by atoms with Gasteiger partial charge in [-0.15, -0.1) is 0 Å². The van der Waals surface area contributed by atoms with E-state index in [1.807, 2.05) is 31.2 Å². The summed E-state index contributed by atoms with van der Waals surface area (Å²) in [6.45, 7) is 2.37. The van der Waals surface area contributed by atoms with Crippen molar-refractivity contribution in [1.29, 1.82) is 0 Å². The molecule has 0 amide bonds. The number of carbonyl (C=O) groups is 1. The smallest absolute Gasteiger partial charge is 0.341 e. The van der Waals surface area contributed by atoms with Gasteiger partial charge >= 0.3 is 5.97 Å². The Morgan fingerprint density at radius 2 is 1.77 bits per heavy atom. The second-order valence-corrected chi connectivity index (χ2v) is 6.65. The third-order valence-electron chi connectivity index (χ3n) is 4.83. The number of ether oxygens (including phenoxy) is 3. The van der Waals surface area contributed by atoms with Crippen LogP contribution in [0.2, 0.25) is 0 Å². The van der Waals surface area contributed by atoms with Crippen molar-refractivity contribution in [2.75, 3.05) is 20.8 Å². The minimum absolute atomic E-state index is 0.177. The maximum atomic E-state index is 13.2. The van der Waals surface area contributed by atoms with Crippen LogP contribution in [0.3, 0.4) is 0 Å². The number of esters is 1. The third-order valence-corrected chi connectivity index (χ3v) is 4.83. The lowest BCUT2D eigenvalue weighted by Gasteiger charge is -2.15. The molecule has 0 aromatic heterocycles. The molecule has 0 N–H and O–H groups in total. The van der Waals surface area contributed by atoms with Crippen molar-refractivity contribution >= 4 is 5.97 Å². The van der Waals surface area contributed by atoms with E-state index < -0.39 is 5.97 Å². The molecule has 2 heterocycles. The number of aromatic nitrogens is 3. The third kappa shape index (κ3) is 3.63. The molecule has 0 atom stereocenters. The highest BCUT2D eigenvalue weighted by molar-refractivity contribution is 5.96. The average molecular weight is 419 g/mol. The molecule has 2 aliphatic heterocycles. The van der Waals surface area contributed by atoms with Crippen LogP contribution in [0.1, 0.15) is 17.3 Å². The van der Waals surface area contributed by atoms with Gasteiger partial charge in [-0.2, -0.15) is 9.78 Å². The summed E-state index contributed by atoms with van der Waals surface area (Å²) in [6, 6.07) is 14.3. The standard InChI is InChI=1S/C23H21N3O5/c1-4-31-20-8-6-5-7-19(20)25-13-17-21(18(14-25)23(28)30-3)24-26(22(17)27)15-9-11-16(29-2)12-10-15/h5-14H,4H2,1-3H3. The van der Waals surface area contributed by atoms with E-state index in [0.29, 0.717) is 29.5 Å². The Morgan fingerprint density at radius 1 is 1.03 bits per heavy atom. The number of rotatable bonds is 6. The van der Waals surface area contributed by atoms with Gasteiger partial charge in [0.2, 0.25) is 0 Å². The van der Waals surface area contributed by atoms with Gasteiger partial charge in [0.05, 0.1) is 37.8 Å². The lowest BCUT2D eigenvalue weighted by Crippen LogP contribution is -2.15. The van der Waals surface area contributed by atoms with E-state index in [9.17, 15) is 9.59 Å². The SMILES string of the molecule is CCOc1ccccc1-n1cc(C(=O)OC)c2nn(-c3ccc(OC)cc3)c(=O)c-2c1. The fourth-order valence-electron chi connectivity index (χ4n) is 3.35. The molecule has 0 saturated carbocycles. The summed E-state index contributed by atoms with van der Waals surface area (Å²) < 4.78 is 18.8. The average Bonchev–Trinajstić information content (AvgIpc) is 3.15. The van der Waals surface area contributed by atoms with Crippen LogP contribution in [-0.4, -0.2) is 41.1 Å². The number of fused-ring (bicyclic) bond motifs is 1. The molecule has 158 valence electrons. The van der Waals surface area contributed by atoms with Crippen molar-refractivity contribution in [1.82, 2.24) is 14.3 Å². The second kappa shape index (κ2) is 8.35. The predicted molar refractivity (Wildman–Crippen MR) is 115 cm³/mol. The molecule has 0 aliphatic carbocycles. The van der Waals surface area contributed by atoms with Crippen molar-refractivity contribution in [3.63, 3.8) is 0 Å². The van der Waals surface area contributed by atoms with Crippen molar-refractivity contribution < 1.29 is 19.0 Å². The van der Waals surface area contributed by atoms with Gasteiger partial charge in [0.1, 0.15) is 22.8 Å². The summed E-state index contributed by atoms with van der Waals surface area (Å²) in [5.41, 5.74) is 1.61. The molecule has 2 aromatic carbocycles. The predicted octanol–water partition coefficient (Wildman–Crippen LogP) is 3.32. The summed E-state index contributed by atoms with van der Waals surface area (Å²) >= 11 is 0. The van der Waals surface area contributed by atoms with Gasteiger partial charge < -0.3 is 18.8 Å². The van der Waals surface area contributed by atoms with E-state index in [2.05, 4.69) is 5.10 Å². The van der Waals surface area contributed by atoms with Gasteiger partial charge in [-0.3, -0.25) is 4.79 Å². The first-order chi connectivity index (χ1) is 15.1. The topological polar surface area (TPSA) is 84.6 Å². The van der Waals surface area contributed by atoms with Gasteiger partial charge in [0.25, 0.3) is 5.56 Å². The molecule has 0 saturated heterocycles. The number of benzene rings is 2. The number of para-hydroxylation sites is 2. The van der Waals surface area contributed by atoms with Gasteiger partial charge in [-0.25, -0.2) is 4.79 Å². The fraction of sp³-hybridized carbons (Fsp3) is 0.174. The van der Waals surface area contributed by atoms with E-state index in [0.717, 1.165) is 0 Å². The van der Waals surface area contributed by atoms with E-state index in [4.69, 9.17) is 14.2 Å². The Morgan fingerprint density at radius 3 is 2.45 bits per heavy atom. The van der Waals surface area contributed by atoms with Crippen LogP contribution < -0.4 is 15.0 Å². The van der Waals surface area contributed by atoms with Crippen LogP contribution in [-0.2, 0) is 4.74 Å². The fourth-order valence-corrected chi connectivity index (χ4v) is 3.35. The number of hydrogen-bond acceptors (Lipinski definition) is 6. The molecule has 0 spiro atoms. The monoisotopic (exact) mass is 419 g/mol. The Bertz CT molecular complexity index is 1260. The molecule has 8 nitrogen and oxygen atoms in total. The number of carbonyl (C=O) groups excluding carboxylic acids is 1. The number of pyridine rings is 1. The van der Waals surface area contributed by atoms with Crippen LogP contribution in [0.5, 0.6) is 11.5 Å². The molecule has 31 heavy (non-hydrogen) atoms. The lowest BCUT2D eigenvalue weighted by molar-refractivity contribution is 0.0600. The van der Waals surface area contributed by atoms with E-state index >= 15 is 0 Å². The zero-order valence-electron chi connectivity index (χ0n) is 17.4. The second-order valence-electron chi connectivity index (χ2n) is 6.65. The zero-order valence-corrected chi connectivity index (χ0v) is 17.4. The molecule has 2 aliphatic rings. The Balaban J connectivity index is 1.95. The van der Waals surface area contributed by atoms with Gasteiger partial charge in [-0.05, 0) is 43.3 Å². The molecule has 0 fully saturated rings. The van der Waals surface area contributed by atoms with Crippen LogP contribution in [0.4, 0.5) is 0 Å². The number of methoxy groups -OCH3 is 2. The first-order valence-electron chi connectivity index (χ1n) is 9.67. The van der Waals surface area contributed by atoms with Crippen molar-refractivity contribution in [3.8, 4) is 34.1 Å². The molecule has 0 unspecified atom stereocenters. The van der Waals surface area contributed by atoms with Gasteiger partial charge in [0.15, 0.2) is 0 Å². The normalized spacial score (nSPS) is 10.8. The highest BCUT2D eigenvalue weighted by atomic mass is 16.5. The summed E-state index contributed by atoms with van der Waals surface area (Å²) in [5.74, 6) is 0.696. The first kappa shape index (κ1) is 20.2. The molecule has 8 heteroatoms.